The summed E-state index contributed by atoms with van der Waals surface area (Å²) in [4.78, 5) is 0. The zero-order valence-electron chi connectivity index (χ0n) is 18.0. The molecule has 0 radical (unpaired) electrons. The molecular weight excluding hydrogens is 360 g/mol. The van der Waals surface area contributed by atoms with E-state index in [0.29, 0.717) is 12.8 Å². The van der Waals surface area contributed by atoms with Crippen LogP contribution in [0.3, 0.4) is 0 Å². The van der Waals surface area contributed by atoms with Gasteiger partial charge in [0, 0.05) is 0 Å². The van der Waals surface area contributed by atoms with E-state index in [1.807, 2.05) is 0 Å². The highest BCUT2D eigenvalue weighted by molar-refractivity contribution is 7.86. The Morgan fingerprint density at radius 1 is 0.593 bits per heavy atom. The molecule has 2 unspecified atom stereocenters. The standard InChI is InChI=1S/C22H46O4S/c1-3-5-7-9-10-11-12-14-19-22(27(24,25)26)20-16-15-18-21(23)17-13-8-6-4-2/h21-23H,3-20H2,1-2H3,(H,24,25,26). The number of hydrogen-bond acceptors (Lipinski definition) is 3. The van der Waals surface area contributed by atoms with Gasteiger partial charge in [-0.1, -0.05) is 104 Å². The van der Waals surface area contributed by atoms with Crippen LogP contribution < -0.4 is 0 Å². The van der Waals surface area contributed by atoms with Crippen molar-refractivity contribution in [1.82, 2.24) is 0 Å². The fourth-order valence-corrected chi connectivity index (χ4v) is 4.58. The summed E-state index contributed by atoms with van der Waals surface area (Å²) in [5.74, 6) is 0. The summed E-state index contributed by atoms with van der Waals surface area (Å²) in [6.07, 6.45) is 18.1. The Kier molecular flexibility index (Phi) is 17.8. The van der Waals surface area contributed by atoms with Gasteiger partial charge in [-0.3, -0.25) is 4.55 Å². The summed E-state index contributed by atoms with van der Waals surface area (Å²) in [7, 11) is -3.95. The lowest BCUT2D eigenvalue weighted by Gasteiger charge is -2.15. The number of rotatable bonds is 20. The van der Waals surface area contributed by atoms with Crippen LogP contribution in [-0.4, -0.2) is 29.4 Å². The topological polar surface area (TPSA) is 74.6 Å². The van der Waals surface area contributed by atoms with Crippen LogP contribution in [0.25, 0.3) is 0 Å². The molecule has 0 rings (SSSR count). The van der Waals surface area contributed by atoms with Gasteiger partial charge in [0.1, 0.15) is 0 Å². The predicted molar refractivity (Wildman–Crippen MR) is 116 cm³/mol. The van der Waals surface area contributed by atoms with Crippen molar-refractivity contribution in [3.8, 4) is 0 Å². The second kappa shape index (κ2) is 17.9. The first kappa shape index (κ1) is 26.9. The summed E-state index contributed by atoms with van der Waals surface area (Å²) < 4.78 is 32.7. The molecule has 0 fully saturated rings. The third-order valence-corrected chi connectivity index (χ3v) is 6.82. The zero-order valence-corrected chi connectivity index (χ0v) is 18.8. The van der Waals surface area contributed by atoms with E-state index in [1.165, 1.54) is 51.4 Å². The highest BCUT2D eigenvalue weighted by Gasteiger charge is 2.22. The molecule has 0 aliphatic heterocycles. The maximum Gasteiger partial charge on any atom is 0.267 e. The molecule has 5 heteroatoms. The van der Waals surface area contributed by atoms with Crippen molar-refractivity contribution in [1.29, 1.82) is 0 Å². The van der Waals surface area contributed by atoms with Gasteiger partial charge in [0.15, 0.2) is 0 Å². The average Bonchev–Trinajstić information content (AvgIpc) is 2.61. The number of unbranched alkanes of at least 4 members (excludes halogenated alkanes) is 11. The molecule has 0 heterocycles. The molecule has 0 aromatic heterocycles. The number of aliphatic hydroxyl groups excluding tert-OH is 1. The molecule has 0 saturated carbocycles. The minimum absolute atomic E-state index is 0.265. The van der Waals surface area contributed by atoms with Gasteiger partial charge in [-0.25, -0.2) is 0 Å². The first-order valence-corrected chi connectivity index (χ1v) is 13.1. The summed E-state index contributed by atoms with van der Waals surface area (Å²) in [6.45, 7) is 4.39. The summed E-state index contributed by atoms with van der Waals surface area (Å²) >= 11 is 0. The van der Waals surface area contributed by atoms with Crippen LogP contribution in [0.5, 0.6) is 0 Å². The molecular formula is C22H46O4S. The minimum atomic E-state index is -3.95. The predicted octanol–water partition coefficient (Wildman–Crippen LogP) is 6.67. The van der Waals surface area contributed by atoms with Crippen molar-refractivity contribution in [3.63, 3.8) is 0 Å². The van der Waals surface area contributed by atoms with E-state index in [-0.39, 0.29) is 6.10 Å². The van der Waals surface area contributed by atoms with Crippen molar-refractivity contribution in [2.24, 2.45) is 0 Å². The molecule has 27 heavy (non-hydrogen) atoms. The van der Waals surface area contributed by atoms with E-state index in [4.69, 9.17) is 0 Å². The van der Waals surface area contributed by atoms with Crippen LogP contribution in [-0.2, 0) is 10.1 Å². The van der Waals surface area contributed by atoms with Crippen molar-refractivity contribution in [2.75, 3.05) is 0 Å². The molecule has 0 aromatic rings. The number of hydrogen-bond donors (Lipinski definition) is 2. The van der Waals surface area contributed by atoms with E-state index < -0.39 is 15.4 Å². The number of aliphatic hydroxyl groups is 1. The van der Waals surface area contributed by atoms with Gasteiger partial charge in [0.25, 0.3) is 10.1 Å². The molecule has 0 bridgehead atoms. The molecule has 0 spiro atoms. The molecule has 0 aromatic carbocycles. The SMILES string of the molecule is CCCCCCCCCCC(CCCCC(O)CCCCCC)S(=O)(=O)O. The summed E-state index contributed by atoms with van der Waals surface area (Å²) in [5.41, 5.74) is 0. The molecule has 0 amide bonds. The maximum atomic E-state index is 11.6. The van der Waals surface area contributed by atoms with Crippen LogP contribution in [0, 0.1) is 0 Å². The monoisotopic (exact) mass is 406 g/mol. The lowest BCUT2D eigenvalue weighted by atomic mass is 10.0. The quantitative estimate of drug-likeness (QED) is 0.175. The smallest absolute Gasteiger partial charge is 0.267 e. The molecule has 2 N–H and O–H groups in total. The third kappa shape index (κ3) is 17.7. The lowest BCUT2D eigenvalue weighted by molar-refractivity contribution is 0.147. The third-order valence-electron chi connectivity index (χ3n) is 5.51. The van der Waals surface area contributed by atoms with Gasteiger partial charge in [-0.15, -0.1) is 0 Å². The molecule has 0 aliphatic rings. The Labute approximate surface area is 169 Å². The van der Waals surface area contributed by atoms with Crippen molar-refractivity contribution in [3.05, 3.63) is 0 Å². The lowest BCUT2D eigenvalue weighted by Crippen LogP contribution is -2.20. The highest BCUT2D eigenvalue weighted by Crippen LogP contribution is 2.19. The van der Waals surface area contributed by atoms with Gasteiger partial charge in [0.05, 0.1) is 11.4 Å². The van der Waals surface area contributed by atoms with Gasteiger partial charge in [0.2, 0.25) is 0 Å². The Hall–Kier alpha value is -0.130. The molecule has 0 aliphatic carbocycles. The van der Waals surface area contributed by atoms with Gasteiger partial charge < -0.3 is 5.11 Å². The Morgan fingerprint density at radius 2 is 0.926 bits per heavy atom. The van der Waals surface area contributed by atoms with Crippen molar-refractivity contribution in [2.45, 2.75) is 141 Å². The minimum Gasteiger partial charge on any atom is -0.393 e. The molecule has 164 valence electrons. The average molecular weight is 407 g/mol. The second-order valence-electron chi connectivity index (χ2n) is 8.19. The van der Waals surface area contributed by atoms with Crippen LogP contribution in [0.1, 0.15) is 129 Å². The fraction of sp³-hybridized carbons (Fsp3) is 1.00. The molecule has 4 nitrogen and oxygen atoms in total. The highest BCUT2D eigenvalue weighted by atomic mass is 32.2. The maximum absolute atomic E-state index is 11.6. The Morgan fingerprint density at radius 3 is 1.41 bits per heavy atom. The van der Waals surface area contributed by atoms with Gasteiger partial charge in [-0.05, 0) is 25.7 Å². The summed E-state index contributed by atoms with van der Waals surface area (Å²) in [6, 6.07) is 0. The van der Waals surface area contributed by atoms with Crippen molar-refractivity contribution >= 4 is 10.1 Å². The Balaban J connectivity index is 3.82. The van der Waals surface area contributed by atoms with E-state index in [1.54, 1.807) is 0 Å². The largest absolute Gasteiger partial charge is 0.393 e. The van der Waals surface area contributed by atoms with Crippen LogP contribution in [0.4, 0.5) is 0 Å². The first-order chi connectivity index (χ1) is 12.9. The second-order valence-corrected chi connectivity index (χ2v) is 9.88. The zero-order chi connectivity index (χ0) is 20.4. The van der Waals surface area contributed by atoms with Gasteiger partial charge in [-0.2, -0.15) is 8.42 Å². The van der Waals surface area contributed by atoms with Gasteiger partial charge >= 0.3 is 0 Å². The van der Waals surface area contributed by atoms with E-state index in [9.17, 15) is 18.1 Å². The first-order valence-electron chi connectivity index (χ1n) is 11.6. The molecule has 0 saturated heterocycles. The van der Waals surface area contributed by atoms with E-state index in [0.717, 1.165) is 51.4 Å². The normalized spacial score (nSPS) is 14.4. The fourth-order valence-electron chi connectivity index (χ4n) is 3.65. The van der Waals surface area contributed by atoms with Crippen LogP contribution in [0.2, 0.25) is 0 Å². The van der Waals surface area contributed by atoms with Crippen LogP contribution >= 0.6 is 0 Å². The molecule has 2 atom stereocenters. The van der Waals surface area contributed by atoms with E-state index >= 15 is 0 Å². The summed E-state index contributed by atoms with van der Waals surface area (Å²) in [5, 5.41) is 9.36. The van der Waals surface area contributed by atoms with Crippen molar-refractivity contribution < 1.29 is 18.1 Å². The van der Waals surface area contributed by atoms with Crippen LogP contribution in [0.15, 0.2) is 0 Å². The van der Waals surface area contributed by atoms with E-state index in [2.05, 4.69) is 13.8 Å². The Bertz CT molecular complexity index is 409.